The maximum Gasteiger partial charge on any atom is 0.0959 e. The van der Waals surface area contributed by atoms with Crippen LogP contribution in [0.25, 0.3) is 0 Å². The van der Waals surface area contributed by atoms with Crippen molar-refractivity contribution >= 4 is 11.3 Å². The number of hydrogen-bond acceptors (Lipinski definition) is 4. The van der Waals surface area contributed by atoms with Crippen LogP contribution in [0.1, 0.15) is 52.3 Å². The standard InChI is InChI=1S/C17H22N2OS/c1-12-5-7-13(8-6-12)16(20)11-18-9-15-10-19-17(21-15)14-3-2-4-14/h5-8,10,14,16,18,20H,2-4,9,11H2,1H3. The summed E-state index contributed by atoms with van der Waals surface area (Å²) in [4.78, 5) is 5.78. The largest absolute Gasteiger partial charge is 0.387 e. The Morgan fingerprint density at radius 1 is 1.33 bits per heavy atom. The highest BCUT2D eigenvalue weighted by Crippen LogP contribution is 2.38. The highest BCUT2D eigenvalue weighted by atomic mass is 32.1. The lowest BCUT2D eigenvalue weighted by Crippen LogP contribution is -2.20. The fourth-order valence-electron chi connectivity index (χ4n) is 2.49. The van der Waals surface area contributed by atoms with Gasteiger partial charge in [-0.15, -0.1) is 11.3 Å². The Hall–Kier alpha value is -1.23. The summed E-state index contributed by atoms with van der Waals surface area (Å²) in [5, 5.41) is 14.8. The van der Waals surface area contributed by atoms with Crippen molar-refractivity contribution in [2.75, 3.05) is 6.54 Å². The van der Waals surface area contributed by atoms with Crippen molar-refractivity contribution in [2.45, 2.75) is 44.8 Å². The molecule has 1 aromatic carbocycles. The zero-order valence-electron chi connectivity index (χ0n) is 12.4. The second kappa shape index (κ2) is 6.69. The van der Waals surface area contributed by atoms with Gasteiger partial charge in [-0.1, -0.05) is 36.2 Å². The Morgan fingerprint density at radius 3 is 2.76 bits per heavy atom. The average Bonchev–Trinajstić information content (AvgIpc) is 2.86. The molecule has 1 unspecified atom stereocenters. The van der Waals surface area contributed by atoms with Crippen LogP contribution in [-0.2, 0) is 6.54 Å². The van der Waals surface area contributed by atoms with Crippen LogP contribution in [0.4, 0.5) is 0 Å². The Morgan fingerprint density at radius 2 is 2.10 bits per heavy atom. The Labute approximate surface area is 130 Å². The van der Waals surface area contributed by atoms with Gasteiger partial charge in [0.1, 0.15) is 0 Å². The minimum Gasteiger partial charge on any atom is -0.387 e. The van der Waals surface area contributed by atoms with Crippen LogP contribution in [0.5, 0.6) is 0 Å². The van der Waals surface area contributed by atoms with E-state index >= 15 is 0 Å². The van der Waals surface area contributed by atoms with Gasteiger partial charge < -0.3 is 10.4 Å². The van der Waals surface area contributed by atoms with E-state index in [0.717, 1.165) is 12.1 Å². The van der Waals surface area contributed by atoms with Crippen molar-refractivity contribution in [1.82, 2.24) is 10.3 Å². The predicted molar refractivity (Wildman–Crippen MR) is 86.6 cm³/mol. The third-order valence-corrected chi connectivity index (χ3v) is 5.28. The van der Waals surface area contributed by atoms with Crippen LogP contribution >= 0.6 is 11.3 Å². The molecular formula is C17H22N2OS. The fourth-order valence-corrected chi connectivity index (χ4v) is 3.54. The van der Waals surface area contributed by atoms with E-state index in [4.69, 9.17) is 0 Å². The van der Waals surface area contributed by atoms with Crippen LogP contribution in [0.3, 0.4) is 0 Å². The Kier molecular flexibility index (Phi) is 4.68. The summed E-state index contributed by atoms with van der Waals surface area (Å²) in [6.07, 6.45) is 5.47. The van der Waals surface area contributed by atoms with E-state index in [1.54, 1.807) is 0 Å². The minimum absolute atomic E-state index is 0.454. The van der Waals surface area contributed by atoms with Gasteiger partial charge >= 0.3 is 0 Å². The number of aliphatic hydroxyl groups is 1. The molecule has 0 aliphatic heterocycles. The number of thiazole rings is 1. The second-order valence-corrected chi connectivity index (χ2v) is 7.00. The number of rotatable bonds is 6. The number of aliphatic hydroxyl groups excluding tert-OH is 1. The van der Waals surface area contributed by atoms with Crippen LogP contribution < -0.4 is 5.32 Å². The van der Waals surface area contributed by atoms with Gasteiger partial charge in [0.2, 0.25) is 0 Å². The third-order valence-electron chi connectivity index (χ3n) is 4.12. The number of aryl methyl sites for hydroxylation is 1. The first-order valence-corrected chi connectivity index (χ1v) is 8.44. The molecule has 1 aromatic heterocycles. The highest BCUT2D eigenvalue weighted by molar-refractivity contribution is 7.11. The second-order valence-electron chi connectivity index (χ2n) is 5.85. The molecule has 3 rings (SSSR count). The highest BCUT2D eigenvalue weighted by Gasteiger charge is 2.22. The van der Waals surface area contributed by atoms with Crippen molar-refractivity contribution in [1.29, 1.82) is 0 Å². The molecule has 1 saturated carbocycles. The maximum absolute atomic E-state index is 10.2. The van der Waals surface area contributed by atoms with E-state index in [1.165, 1.54) is 34.7 Å². The monoisotopic (exact) mass is 302 g/mol. The summed E-state index contributed by atoms with van der Waals surface area (Å²) in [7, 11) is 0. The predicted octanol–water partition coefficient (Wildman–Crippen LogP) is 3.54. The molecule has 0 radical (unpaired) electrons. The average molecular weight is 302 g/mol. The topological polar surface area (TPSA) is 45.1 Å². The zero-order valence-corrected chi connectivity index (χ0v) is 13.2. The van der Waals surface area contributed by atoms with Gasteiger partial charge in [0.25, 0.3) is 0 Å². The van der Waals surface area contributed by atoms with Crippen LogP contribution in [0.15, 0.2) is 30.5 Å². The maximum atomic E-state index is 10.2. The van der Waals surface area contributed by atoms with E-state index in [2.05, 4.69) is 17.2 Å². The lowest BCUT2D eigenvalue weighted by atomic mass is 9.86. The lowest BCUT2D eigenvalue weighted by Gasteiger charge is -2.22. The first-order chi connectivity index (χ1) is 10.2. The molecule has 112 valence electrons. The quantitative estimate of drug-likeness (QED) is 0.858. The van der Waals surface area contributed by atoms with Gasteiger partial charge in [0.05, 0.1) is 11.1 Å². The first-order valence-electron chi connectivity index (χ1n) is 7.62. The van der Waals surface area contributed by atoms with E-state index in [1.807, 2.05) is 41.8 Å². The van der Waals surface area contributed by atoms with E-state index in [-0.39, 0.29) is 0 Å². The molecule has 0 amide bonds. The number of aromatic nitrogens is 1. The first kappa shape index (κ1) is 14.7. The summed E-state index contributed by atoms with van der Waals surface area (Å²) >= 11 is 1.81. The van der Waals surface area contributed by atoms with E-state index in [0.29, 0.717) is 12.5 Å². The van der Waals surface area contributed by atoms with Gasteiger partial charge in [-0.25, -0.2) is 4.98 Å². The summed E-state index contributed by atoms with van der Waals surface area (Å²) in [6, 6.07) is 8.05. The van der Waals surface area contributed by atoms with Gasteiger partial charge in [-0.3, -0.25) is 0 Å². The van der Waals surface area contributed by atoms with Gasteiger partial charge in [-0.05, 0) is 25.3 Å². The summed E-state index contributed by atoms with van der Waals surface area (Å²) < 4.78 is 0. The van der Waals surface area contributed by atoms with Crippen molar-refractivity contribution in [2.24, 2.45) is 0 Å². The SMILES string of the molecule is Cc1ccc(C(O)CNCc2cnc(C3CCC3)s2)cc1. The minimum atomic E-state index is -0.454. The van der Waals surface area contributed by atoms with Crippen molar-refractivity contribution < 1.29 is 5.11 Å². The molecule has 2 aromatic rings. The van der Waals surface area contributed by atoms with Crippen LogP contribution in [0.2, 0.25) is 0 Å². The Balaban J connectivity index is 1.46. The molecular weight excluding hydrogens is 280 g/mol. The normalized spacial score (nSPS) is 16.7. The number of nitrogens with zero attached hydrogens (tertiary/aromatic N) is 1. The van der Waals surface area contributed by atoms with E-state index < -0.39 is 6.10 Å². The smallest absolute Gasteiger partial charge is 0.0959 e. The zero-order chi connectivity index (χ0) is 14.7. The molecule has 1 aliphatic carbocycles. The van der Waals surface area contributed by atoms with Gasteiger partial charge in [0, 0.05) is 30.1 Å². The number of benzene rings is 1. The van der Waals surface area contributed by atoms with Crippen molar-refractivity contribution in [3.05, 3.63) is 51.5 Å². The summed E-state index contributed by atoms with van der Waals surface area (Å²) in [6.45, 7) is 3.41. The van der Waals surface area contributed by atoms with Gasteiger partial charge in [0.15, 0.2) is 0 Å². The molecule has 0 spiro atoms. The van der Waals surface area contributed by atoms with Crippen molar-refractivity contribution in [3.8, 4) is 0 Å². The molecule has 1 aliphatic rings. The molecule has 2 N–H and O–H groups in total. The lowest BCUT2D eigenvalue weighted by molar-refractivity contribution is 0.174. The molecule has 1 heterocycles. The van der Waals surface area contributed by atoms with Gasteiger partial charge in [-0.2, -0.15) is 0 Å². The van der Waals surface area contributed by atoms with E-state index in [9.17, 15) is 5.11 Å². The molecule has 4 heteroatoms. The van der Waals surface area contributed by atoms with Crippen LogP contribution in [-0.4, -0.2) is 16.6 Å². The fraction of sp³-hybridized carbons (Fsp3) is 0.471. The van der Waals surface area contributed by atoms with Crippen LogP contribution in [0, 0.1) is 6.92 Å². The number of hydrogen-bond donors (Lipinski definition) is 2. The van der Waals surface area contributed by atoms with Crippen molar-refractivity contribution in [3.63, 3.8) is 0 Å². The Bertz CT molecular complexity index is 575. The molecule has 3 nitrogen and oxygen atoms in total. The summed E-state index contributed by atoms with van der Waals surface area (Å²) in [5.41, 5.74) is 2.18. The summed E-state index contributed by atoms with van der Waals surface area (Å²) in [5.74, 6) is 0.710. The molecule has 0 saturated heterocycles. The molecule has 0 bridgehead atoms. The third kappa shape index (κ3) is 3.70. The molecule has 1 fully saturated rings. The number of nitrogens with one attached hydrogen (secondary N) is 1. The molecule has 1 atom stereocenters. The molecule has 21 heavy (non-hydrogen) atoms.